The average molecular weight is 306 g/mol. The molecule has 1 amide bonds. The monoisotopic (exact) mass is 306 g/mol. The Morgan fingerprint density at radius 2 is 1.87 bits per heavy atom. The molecule has 1 heterocycles. The molecule has 2 aromatic carbocycles. The number of carbonyl (C=O) groups is 1. The number of hydrogen-bond donors (Lipinski definition) is 1. The number of amides is 1. The molecule has 0 unspecified atom stereocenters. The van der Waals surface area contributed by atoms with Gasteiger partial charge in [0.2, 0.25) is 0 Å². The molecule has 0 radical (unpaired) electrons. The highest BCUT2D eigenvalue weighted by Crippen LogP contribution is 2.11. The van der Waals surface area contributed by atoms with Gasteiger partial charge in [0.05, 0.1) is 23.1 Å². The summed E-state index contributed by atoms with van der Waals surface area (Å²) in [5.41, 5.74) is 6.32. The molecule has 0 atom stereocenters. The van der Waals surface area contributed by atoms with Gasteiger partial charge in [-0.1, -0.05) is 49.4 Å². The minimum Gasteiger partial charge on any atom is -0.321 e. The lowest BCUT2D eigenvalue weighted by Gasteiger charge is -2.06. The van der Waals surface area contributed by atoms with Crippen LogP contribution in [0, 0.1) is 0 Å². The van der Waals surface area contributed by atoms with Gasteiger partial charge in [0.15, 0.2) is 0 Å². The first-order valence-corrected chi connectivity index (χ1v) is 7.58. The maximum atomic E-state index is 12.1. The van der Waals surface area contributed by atoms with E-state index in [1.165, 1.54) is 0 Å². The summed E-state index contributed by atoms with van der Waals surface area (Å²) in [6.45, 7) is 2.21. The standard InChI is InChI=1S/C18H18N4O/c1-2-15(14-8-4-3-5-9-14)20-21-18(23)12-22-13-19-16-10-6-7-11-17(16)22/h3-11,13H,2,12H2,1H3,(H,21,23)/b20-15-. The molecular weight excluding hydrogens is 288 g/mol. The van der Waals surface area contributed by atoms with E-state index in [2.05, 4.69) is 15.5 Å². The van der Waals surface area contributed by atoms with Crippen molar-refractivity contribution in [2.75, 3.05) is 0 Å². The van der Waals surface area contributed by atoms with Gasteiger partial charge in [-0.15, -0.1) is 0 Å². The van der Waals surface area contributed by atoms with Crippen LogP contribution in [0.5, 0.6) is 0 Å². The first-order valence-electron chi connectivity index (χ1n) is 7.58. The van der Waals surface area contributed by atoms with Crippen molar-refractivity contribution in [2.45, 2.75) is 19.9 Å². The first kappa shape index (κ1) is 15.0. The summed E-state index contributed by atoms with van der Waals surface area (Å²) < 4.78 is 1.81. The summed E-state index contributed by atoms with van der Waals surface area (Å²) in [6.07, 6.45) is 2.42. The highest BCUT2D eigenvalue weighted by atomic mass is 16.2. The predicted octanol–water partition coefficient (Wildman–Crippen LogP) is 2.97. The Hall–Kier alpha value is -2.95. The van der Waals surface area contributed by atoms with Crippen LogP contribution in [0.25, 0.3) is 11.0 Å². The van der Waals surface area contributed by atoms with Crippen LogP contribution >= 0.6 is 0 Å². The minimum absolute atomic E-state index is 0.171. The number of nitrogens with one attached hydrogen (secondary N) is 1. The molecule has 1 aromatic heterocycles. The summed E-state index contributed by atoms with van der Waals surface area (Å²) in [6, 6.07) is 17.6. The van der Waals surface area contributed by atoms with E-state index in [4.69, 9.17) is 0 Å². The Labute approximate surface area is 134 Å². The number of benzene rings is 2. The summed E-state index contributed by atoms with van der Waals surface area (Å²) in [7, 11) is 0. The van der Waals surface area contributed by atoms with Gasteiger partial charge >= 0.3 is 0 Å². The summed E-state index contributed by atoms with van der Waals surface area (Å²) in [5.74, 6) is -0.171. The third kappa shape index (κ3) is 3.45. The van der Waals surface area contributed by atoms with Crippen LogP contribution in [0.15, 0.2) is 66.0 Å². The zero-order chi connectivity index (χ0) is 16.1. The van der Waals surface area contributed by atoms with Crippen LogP contribution in [0.2, 0.25) is 0 Å². The quantitative estimate of drug-likeness (QED) is 0.582. The number of carbonyl (C=O) groups excluding carboxylic acids is 1. The van der Waals surface area contributed by atoms with Gasteiger partial charge in [0.1, 0.15) is 6.54 Å². The van der Waals surface area contributed by atoms with Crippen LogP contribution in [0.4, 0.5) is 0 Å². The van der Waals surface area contributed by atoms with Crippen LogP contribution in [0.3, 0.4) is 0 Å². The summed E-state index contributed by atoms with van der Waals surface area (Å²) in [4.78, 5) is 16.4. The second-order valence-corrected chi connectivity index (χ2v) is 5.17. The fourth-order valence-corrected chi connectivity index (χ4v) is 2.43. The summed E-state index contributed by atoms with van der Waals surface area (Å²) >= 11 is 0. The van der Waals surface area contributed by atoms with Gasteiger partial charge in [0, 0.05) is 0 Å². The van der Waals surface area contributed by atoms with Crippen molar-refractivity contribution in [1.82, 2.24) is 15.0 Å². The van der Waals surface area contributed by atoms with Crippen LogP contribution in [0.1, 0.15) is 18.9 Å². The number of imidazole rings is 1. The number of para-hydroxylation sites is 2. The molecule has 0 aliphatic rings. The molecule has 3 rings (SSSR count). The van der Waals surface area contributed by atoms with E-state index in [1.807, 2.05) is 66.1 Å². The van der Waals surface area contributed by atoms with Crippen molar-refractivity contribution in [1.29, 1.82) is 0 Å². The molecule has 0 bridgehead atoms. The van der Waals surface area contributed by atoms with Gasteiger partial charge < -0.3 is 4.57 Å². The normalized spacial score (nSPS) is 11.6. The van der Waals surface area contributed by atoms with Crippen LogP contribution in [-0.2, 0) is 11.3 Å². The molecule has 0 fully saturated rings. The van der Waals surface area contributed by atoms with Crippen LogP contribution < -0.4 is 5.43 Å². The molecule has 5 nitrogen and oxygen atoms in total. The molecule has 0 aliphatic carbocycles. The van der Waals surface area contributed by atoms with Crippen molar-refractivity contribution in [3.8, 4) is 0 Å². The molecule has 0 saturated heterocycles. The Kier molecular flexibility index (Phi) is 4.47. The number of fused-ring (bicyclic) bond motifs is 1. The zero-order valence-corrected chi connectivity index (χ0v) is 12.9. The lowest BCUT2D eigenvalue weighted by Crippen LogP contribution is -2.24. The van der Waals surface area contributed by atoms with E-state index in [0.29, 0.717) is 0 Å². The highest BCUT2D eigenvalue weighted by molar-refractivity contribution is 6.00. The predicted molar refractivity (Wildman–Crippen MR) is 91.1 cm³/mol. The van der Waals surface area contributed by atoms with Gasteiger partial charge in [0.25, 0.3) is 5.91 Å². The fraction of sp³-hybridized carbons (Fsp3) is 0.167. The third-order valence-electron chi connectivity index (χ3n) is 3.60. The van der Waals surface area contributed by atoms with Gasteiger partial charge in [-0.3, -0.25) is 4.79 Å². The second kappa shape index (κ2) is 6.87. The number of aromatic nitrogens is 2. The van der Waals surface area contributed by atoms with E-state index in [9.17, 15) is 4.79 Å². The van der Waals surface area contributed by atoms with Crippen molar-refractivity contribution in [2.24, 2.45) is 5.10 Å². The zero-order valence-electron chi connectivity index (χ0n) is 12.9. The van der Waals surface area contributed by atoms with Gasteiger partial charge in [-0.2, -0.15) is 5.10 Å². The fourth-order valence-electron chi connectivity index (χ4n) is 2.43. The molecule has 116 valence electrons. The molecule has 5 heteroatoms. The maximum absolute atomic E-state index is 12.1. The lowest BCUT2D eigenvalue weighted by atomic mass is 10.1. The molecule has 0 spiro atoms. The highest BCUT2D eigenvalue weighted by Gasteiger charge is 2.07. The van der Waals surface area contributed by atoms with Crippen LogP contribution in [-0.4, -0.2) is 21.2 Å². The van der Waals surface area contributed by atoms with E-state index in [1.54, 1.807) is 6.33 Å². The molecule has 0 aliphatic heterocycles. The molecule has 1 N–H and O–H groups in total. The third-order valence-corrected chi connectivity index (χ3v) is 3.60. The van der Waals surface area contributed by atoms with Crippen molar-refractivity contribution >= 4 is 22.7 Å². The Morgan fingerprint density at radius 1 is 1.13 bits per heavy atom. The van der Waals surface area contributed by atoms with Gasteiger partial charge in [-0.05, 0) is 24.1 Å². The minimum atomic E-state index is -0.171. The van der Waals surface area contributed by atoms with E-state index in [-0.39, 0.29) is 12.5 Å². The summed E-state index contributed by atoms with van der Waals surface area (Å²) in [5, 5.41) is 4.26. The number of hydrogen-bond acceptors (Lipinski definition) is 3. The van der Waals surface area contributed by atoms with Crippen molar-refractivity contribution < 1.29 is 4.79 Å². The topological polar surface area (TPSA) is 59.3 Å². The van der Waals surface area contributed by atoms with Crippen molar-refractivity contribution in [3.63, 3.8) is 0 Å². The largest absolute Gasteiger partial charge is 0.321 e. The SMILES string of the molecule is CC/C(=N/NC(=O)Cn1cnc2ccccc21)c1ccccc1. The smallest absolute Gasteiger partial charge is 0.260 e. The molecule has 3 aromatic rings. The van der Waals surface area contributed by atoms with Gasteiger partial charge in [-0.25, -0.2) is 10.4 Å². The average Bonchev–Trinajstić information content (AvgIpc) is 2.99. The number of rotatable bonds is 5. The Morgan fingerprint density at radius 3 is 2.65 bits per heavy atom. The lowest BCUT2D eigenvalue weighted by molar-refractivity contribution is -0.121. The maximum Gasteiger partial charge on any atom is 0.260 e. The van der Waals surface area contributed by atoms with E-state index in [0.717, 1.165) is 28.7 Å². The molecule has 0 saturated carbocycles. The van der Waals surface area contributed by atoms with E-state index < -0.39 is 0 Å². The first-order chi connectivity index (χ1) is 11.3. The molecular formula is C18H18N4O. The number of nitrogens with zero attached hydrogens (tertiary/aromatic N) is 3. The molecule has 23 heavy (non-hydrogen) atoms. The van der Waals surface area contributed by atoms with Crippen molar-refractivity contribution in [3.05, 3.63) is 66.5 Å². The Bertz CT molecular complexity index is 836. The van der Waals surface area contributed by atoms with E-state index >= 15 is 0 Å². The number of hydrazone groups is 1. The Balaban J connectivity index is 1.70. The second-order valence-electron chi connectivity index (χ2n) is 5.17.